The highest BCUT2D eigenvalue weighted by Gasteiger charge is 2.38. The minimum atomic E-state index is -0.310. The van der Waals surface area contributed by atoms with Gasteiger partial charge in [0.15, 0.2) is 0 Å². The van der Waals surface area contributed by atoms with Gasteiger partial charge in [0.25, 0.3) is 0 Å². The molecule has 0 aromatic rings. The summed E-state index contributed by atoms with van der Waals surface area (Å²) in [7, 11) is 0. The number of carbonyl (C=O) groups excluding carboxylic acids is 2. The predicted octanol–water partition coefficient (Wildman–Crippen LogP) is -0.0976. The molecule has 0 bridgehead atoms. The minimum Gasteiger partial charge on any atom is -0.381 e. The first kappa shape index (κ1) is 11.5. The monoisotopic (exact) mass is 226 g/mol. The highest BCUT2D eigenvalue weighted by atomic mass is 16.5. The van der Waals surface area contributed by atoms with E-state index in [1.54, 1.807) is 0 Å². The first-order valence-electron chi connectivity index (χ1n) is 5.90. The molecule has 0 aromatic heterocycles. The lowest BCUT2D eigenvalue weighted by Gasteiger charge is -2.25. The maximum absolute atomic E-state index is 11.8. The summed E-state index contributed by atoms with van der Waals surface area (Å²) in [4.78, 5) is 24.7. The molecule has 2 saturated heterocycles. The van der Waals surface area contributed by atoms with Crippen molar-refractivity contribution in [3.05, 3.63) is 0 Å². The first-order chi connectivity index (χ1) is 7.72. The summed E-state index contributed by atoms with van der Waals surface area (Å²) in [5.41, 5.74) is 0. The molecule has 90 valence electrons. The van der Waals surface area contributed by atoms with Gasteiger partial charge in [0.2, 0.25) is 11.8 Å². The maximum atomic E-state index is 11.8. The van der Waals surface area contributed by atoms with Gasteiger partial charge in [0.1, 0.15) is 0 Å². The number of nitrogens with one attached hydrogen (secondary N) is 1. The van der Waals surface area contributed by atoms with Crippen molar-refractivity contribution in [1.82, 2.24) is 10.2 Å². The second-order valence-corrected chi connectivity index (χ2v) is 4.29. The van der Waals surface area contributed by atoms with Crippen molar-refractivity contribution in [2.45, 2.75) is 38.3 Å². The Bertz CT molecular complexity index is 287. The van der Waals surface area contributed by atoms with Crippen LogP contribution in [-0.4, -0.2) is 48.6 Å². The number of rotatable bonds is 3. The van der Waals surface area contributed by atoms with Crippen LogP contribution >= 0.6 is 0 Å². The summed E-state index contributed by atoms with van der Waals surface area (Å²) in [6, 6.07) is 0.00264. The zero-order valence-electron chi connectivity index (χ0n) is 9.57. The fourth-order valence-electron chi connectivity index (χ4n) is 2.29. The Hall–Kier alpha value is -0.940. The molecule has 2 aliphatic heterocycles. The van der Waals surface area contributed by atoms with E-state index in [-0.39, 0.29) is 17.9 Å². The molecule has 0 saturated carbocycles. The van der Waals surface area contributed by atoms with E-state index in [0.29, 0.717) is 19.0 Å². The van der Waals surface area contributed by atoms with Crippen molar-refractivity contribution in [2.75, 3.05) is 19.8 Å². The summed E-state index contributed by atoms with van der Waals surface area (Å²) < 4.78 is 5.25. The molecule has 2 aliphatic rings. The van der Waals surface area contributed by atoms with Crippen molar-refractivity contribution in [1.29, 1.82) is 0 Å². The highest BCUT2D eigenvalue weighted by molar-refractivity contribution is 6.05. The molecule has 2 fully saturated rings. The SMILES string of the molecule is CCN1C(=O)CC(NC2CCOCC2)C1=O. The van der Waals surface area contributed by atoms with E-state index in [2.05, 4.69) is 5.32 Å². The van der Waals surface area contributed by atoms with Gasteiger partial charge < -0.3 is 10.1 Å². The molecule has 5 nitrogen and oxygen atoms in total. The average Bonchev–Trinajstić information content (AvgIpc) is 2.55. The van der Waals surface area contributed by atoms with Gasteiger partial charge >= 0.3 is 0 Å². The quantitative estimate of drug-likeness (QED) is 0.683. The standard InChI is InChI=1S/C11H18N2O3/c1-2-13-10(14)7-9(11(13)15)12-8-3-5-16-6-4-8/h8-9,12H,2-7H2,1H3. The van der Waals surface area contributed by atoms with E-state index < -0.39 is 0 Å². The number of likely N-dealkylation sites (N-methyl/N-ethyl adjacent to an activating group) is 1. The molecule has 0 spiro atoms. The number of hydrogen-bond acceptors (Lipinski definition) is 4. The molecule has 0 radical (unpaired) electrons. The number of hydrogen-bond donors (Lipinski definition) is 1. The van der Waals surface area contributed by atoms with E-state index in [1.807, 2.05) is 6.92 Å². The first-order valence-corrected chi connectivity index (χ1v) is 5.90. The van der Waals surface area contributed by atoms with E-state index in [9.17, 15) is 9.59 Å². The molecule has 0 aliphatic carbocycles. The molecule has 16 heavy (non-hydrogen) atoms. The Morgan fingerprint density at radius 2 is 2.06 bits per heavy atom. The van der Waals surface area contributed by atoms with Gasteiger partial charge in [-0.25, -0.2) is 0 Å². The Morgan fingerprint density at radius 1 is 1.38 bits per heavy atom. The second-order valence-electron chi connectivity index (χ2n) is 4.29. The van der Waals surface area contributed by atoms with Gasteiger partial charge in [-0.05, 0) is 19.8 Å². The summed E-state index contributed by atoms with van der Waals surface area (Å²) in [5.74, 6) is -0.129. The molecule has 2 heterocycles. The maximum Gasteiger partial charge on any atom is 0.246 e. The van der Waals surface area contributed by atoms with Gasteiger partial charge in [-0.2, -0.15) is 0 Å². The highest BCUT2D eigenvalue weighted by Crippen LogP contribution is 2.15. The van der Waals surface area contributed by atoms with E-state index in [0.717, 1.165) is 26.1 Å². The number of nitrogens with zero attached hydrogens (tertiary/aromatic N) is 1. The molecule has 1 atom stereocenters. The lowest BCUT2D eigenvalue weighted by Crippen LogP contribution is -2.45. The van der Waals surface area contributed by atoms with Crippen LogP contribution in [0.1, 0.15) is 26.2 Å². The summed E-state index contributed by atoms with van der Waals surface area (Å²) >= 11 is 0. The van der Waals surface area contributed by atoms with Crippen molar-refractivity contribution >= 4 is 11.8 Å². The van der Waals surface area contributed by atoms with Crippen LogP contribution in [0.25, 0.3) is 0 Å². The Labute approximate surface area is 95.1 Å². The van der Waals surface area contributed by atoms with Crippen LogP contribution in [0, 0.1) is 0 Å². The molecular weight excluding hydrogens is 208 g/mol. The summed E-state index contributed by atoms with van der Waals surface area (Å²) in [6.07, 6.45) is 2.15. The van der Waals surface area contributed by atoms with Crippen molar-refractivity contribution in [2.24, 2.45) is 0 Å². The normalized spacial score (nSPS) is 27.8. The Kier molecular flexibility index (Phi) is 3.56. The van der Waals surface area contributed by atoms with Crippen molar-refractivity contribution in [3.8, 4) is 0 Å². The lowest BCUT2D eigenvalue weighted by molar-refractivity contribution is -0.138. The summed E-state index contributed by atoms with van der Waals surface area (Å²) in [5, 5.41) is 3.27. The van der Waals surface area contributed by atoms with E-state index in [1.165, 1.54) is 4.90 Å². The third kappa shape index (κ3) is 2.25. The van der Waals surface area contributed by atoms with Gasteiger partial charge in [-0.15, -0.1) is 0 Å². The number of likely N-dealkylation sites (tertiary alicyclic amines) is 1. The van der Waals surface area contributed by atoms with Crippen LogP contribution in [-0.2, 0) is 14.3 Å². The third-order valence-corrected chi connectivity index (χ3v) is 3.22. The van der Waals surface area contributed by atoms with E-state index >= 15 is 0 Å². The number of imide groups is 1. The molecule has 2 amide bonds. The second kappa shape index (κ2) is 4.93. The van der Waals surface area contributed by atoms with Crippen LogP contribution in [0.15, 0.2) is 0 Å². The van der Waals surface area contributed by atoms with Gasteiger partial charge in [-0.1, -0.05) is 0 Å². The molecular formula is C11H18N2O3. The fraction of sp³-hybridized carbons (Fsp3) is 0.818. The van der Waals surface area contributed by atoms with Crippen molar-refractivity contribution in [3.63, 3.8) is 0 Å². The largest absolute Gasteiger partial charge is 0.381 e. The average molecular weight is 226 g/mol. The molecule has 5 heteroatoms. The summed E-state index contributed by atoms with van der Waals surface area (Å²) in [6.45, 7) is 3.78. The molecule has 1 unspecified atom stereocenters. The molecule has 2 rings (SSSR count). The van der Waals surface area contributed by atoms with Crippen LogP contribution in [0.5, 0.6) is 0 Å². The topological polar surface area (TPSA) is 58.6 Å². The minimum absolute atomic E-state index is 0.0583. The van der Waals surface area contributed by atoms with Gasteiger partial charge in [-0.3, -0.25) is 14.5 Å². The van der Waals surface area contributed by atoms with Crippen LogP contribution in [0.4, 0.5) is 0 Å². The smallest absolute Gasteiger partial charge is 0.246 e. The van der Waals surface area contributed by atoms with Crippen LogP contribution in [0.2, 0.25) is 0 Å². The molecule has 1 N–H and O–H groups in total. The lowest BCUT2D eigenvalue weighted by atomic mass is 10.1. The number of carbonyl (C=O) groups is 2. The van der Waals surface area contributed by atoms with Crippen LogP contribution < -0.4 is 5.32 Å². The predicted molar refractivity (Wildman–Crippen MR) is 57.8 cm³/mol. The van der Waals surface area contributed by atoms with Crippen LogP contribution in [0.3, 0.4) is 0 Å². The number of ether oxygens (including phenoxy) is 1. The Morgan fingerprint density at radius 3 is 2.62 bits per heavy atom. The van der Waals surface area contributed by atoms with Gasteiger partial charge in [0.05, 0.1) is 12.5 Å². The number of amides is 2. The van der Waals surface area contributed by atoms with Gasteiger partial charge in [0, 0.05) is 25.8 Å². The third-order valence-electron chi connectivity index (χ3n) is 3.22. The Balaban J connectivity index is 1.90. The van der Waals surface area contributed by atoms with Crippen molar-refractivity contribution < 1.29 is 14.3 Å². The zero-order chi connectivity index (χ0) is 11.5. The van der Waals surface area contributed by atoms with E-state index in [4.69, 9.17) is 4.74 Å². The fourth-order valence-corrected chi connectivity index (χ4v) is 2.29. The molecule has 0 aromatic carbocycles. The zero-order valence-corrected chi connectivity index (χ0v) is 9.57.